The summed E-state index contributed by atoms with van der Waals surface area (Å²) in [6.45, 7) is 0. The fourth-order valence-corrected chi connectivity index (χ4v) is 1.52. The molecule has 2 aromatic carbocycles. The second kappa shape index (κ2) is 5.91. The minimum atomic E-state index is -0.505. The van der Waals surface area contributed by atoms with Crippen molar-refractivity contribution in [2.75, 3.05) is 5.32 Å². The van der Waals surface area contributed by atoms with Crippen molar-refractivity contribution in [1.82, 2.24) is 0 Å². The zero-order valence-corrected chi connectivity index (χ0v) is 9.94. The van der Waals surface area contributed by atoms with Crippen molar-refractivity contribution in [3.8, 4) is 0 Å². The molecule has 0 fully saturated rings. The highest BCUT2D eigenvalue weighted by atomic mass is 19.1. The molecule has 0 saturated heterocycles. The molecule has 19 heavy (non-hydrogen) atoms. The van der Waals surface area contributed by atoms with Gasteiger partial charge < -0.3 is 5.32 Å². The Labute approximate surface area is 109 Å². The number of hydrogen-bond donors (Lipinski definition) is 1. The number of carbonyl (C=O) groups excluding carboxylic acids is 1. The highest BCUT2D eigenvalue weighted by Gasteiger charge is 2.02. The summed E-state index contributed by atoms with van der Waals surface area (Å²) < 4.78 is 26.2. The average molecular weight is 259 g/mol. The molecular weight excluding hydrogens is 248 g/mol. The fourth-order valence-electron chi connectivity index (χ4n) is 1.52. The predicted octanol–water partition coefficient (Wildman–Crippen LogP) is 3.62. The molecule has 4 heteroatoms. The average Bonchev–Trinajstić information content (AvgIpc) is 2.39. The minimum Gasteiger partial charge on any atom is -0.320 e. The highest BCUT2D eigenvalue weighted by molar-refractivity contribution is 6.01. The Kier molecular flexibility index (Phi) is 4.03. The lowest BCUT2D eigenvalue weighted by molar-refractivity contribution is -0.111. The first kappa shape index (κ1) is 13.0. The third-order valence-corrected chi connectivity index (χ3v) is 2.41. The third-order valence-electron chi connectivity index (χ3n) is 2.41. The Morgan fingerprint density at radius 2 is 1.84 bits per heavy atom. The molecule has 0 atom stereocenters. The Bertz CT molecular complexity index is 623. The Morgan fingerprint density at radius 1 is 1.05 bits per heavy atom. The van der Waals surface area contributed by atoms with Crippen molar-refractivity contribution in [2.24, 2.45) is 0 Å². The van der Waals surface area contributed by atoms with E-state index in [0.717, 1.165) is 0 Å². The van der Waals surface area contributed by atoms with Crippen LogP contribution in [0.2, 0.25) is 0 Å². The van der Waals surface area contributed by atoms with Gasteiger partial charge in [-0.1, -0.05) is 24.3 Å². The summed E-state index contributed by atoms with van der Waals surface area (Å²) in [4.78, 5) is 11.6. The smallest absolute Gasteiger partial charge is 0.248 e. The van der Waals surface area contributed by atoms with Crippen LogP contribution in [0.3, 0.4) is 0 Å². The topological polar surface area (TPSA) is 29.1 Å². The van der Waals surface area contributed by atoms with Crippen LogP contribution < -0.4 is 5.32 Å². The number of amides is 1. The van der Waals surface area contributed by atoms with Gasteiger partial charge in [0.2, 0.25) is 5.91 Å². The summed E-state index contributed by atoms with van der Waals surface area (Å²) in [6, 6.07) is 11.7. The number of benzene rings is 2. The van der Waals surface area contributed by atoms with E-state index < -0.39 is 11.7 Å². The summed E-state index contributed by atoms with van der Waals surface area (Å²) in [5, 5.41) is 2.40. The SMILES string of the molecule is O=C(/C=C/c1cccc(F)c1)Nc1ccccc1F. The van der Waals surface area contributed by atoms with Crippen molar-refractivity contribution in [3.63, 3.8) is 0 Å². The quantitative estimate of drug-likeness (QED) is 0.838. The first-order valence-corrected chi connectivity index (χ1v) is 5.64. The minimum absolute atomic E-state index is 0.108. The van der Waals surface area contributed by atoms with Gasteiger partial charge in [-0.25, -0.2) is 8.78 Å². The number of halogens is 2. The number of carbonyl (C=O) groups is 1. The Hall–Kier alpha value is -2.49. The van der Waals surface area contributed by atoms with E-state index in [9.17, 15) is 13.6 Å². The lowest BCUT2D eigenvalue weighted by Crippen LogP contribution is -2.08. The second-order valence-electron chi connectivity index (χ2n) is 3.86. The molecule has 1 amide bonds. The van der Waals surface area contributed by atoms with E-state index in [0.29, 0.717) is 5.56 Å². The molecule has 2 nitrogen and oxygen atoms in total. The van der Waals surface area contributed by atoms with Gasteiger partial charge in [0.05, 0.1) is 5.69 Å². The van der Waals surface area contributed by atoms with Gasteiger partial charge in [-0.3, -0.25) is 4.79 Å². The van der Waals surface area contributed by atoms with Crippen LogP contribution in [-0.4, -0.2) is 5.91 Å². The lowest BCUT2D eigenvalue weighted by atomic mass is 10.2. The summed E-state index contributed by atoms with van der Waals surface area (Å²) in [5.41, 5.74) is 0.667. The molecule has 0 aliphatic heterocycles. The normalized spacial score (nSPS) is 10.6. The molecule has 0 aromatic heterocycles. The molecule has 0 aliphatic rings. The zero-order valence-electron chi connectivity index (χ0n) is 9.94. The number of para-hydroxylation sites is 1. The van der Waals surface area contributed by atoms with Gasteiger partial charge >= 0.3 is 0 Å². The molecule has 0 aliphatic carbocycles. The van der Waals surface area contributed by atoms with Crippen LogP contribution in [0.4, 0.5) is 14.5 Å². The van der Waals surface area contributed by atoms with Crippen molar-refractivity contribution in [3.05, 3.63) is 71.8 Å². The van der Waals surface area contributed by atoms with Crippen LogP contribution in [0.25, 0.3) is 6.08 Å². The molecule has 0 heterocycles. The van der Waals surface area contributed by atoms with Crippen molar-refractivity contribution in [1.29, 1.82) is 0 Å². The maximum Gasteiger partial charge on any atom is 0.248 e. The van der Waals surface area contributed by atoms with Crippen LogP contribution in [-0.2, 0) is 4.79 Å². The van der Waals surface area contributed by atoms with E-state index in [1.807, 2.05) is 0 Å². The van der Waals surface area contributed by atoms with Gasteiger partial charge in [-0.15, -0.1) is 0 Å². The molecule has 0 saturated carbocycles. The maximum atomic E-state index is 13.3. The Balaban J connectivity index is 2.04. The monoisotopic (exact) mass is 259 g/mol. The van der Waals surface area contributed by atoms with E-state index >= 15 is 0 Å². The molecule has 1 N–H and O–H groups in total. The first-order chi connectivity index (χ1) is 9.15. The third kappa shape index (κ3) is 3.74. The molecule has 0 unspecified atom stereocenters. The van der Waals surface area contributed by atoms with E-state index in [1.165, 1.54) is 42.5 Å². The number of rotatable bonds is 3. The van der Waals surface area contributed by atoms with Crippen LogP contribution in [0.1, 0.15) is 5.56 Å². The molecule has 0 radical (unpaired) electrons. The molecular formula is C15H11F2NO. The van der Waals surface area contributed by atoms with Crippen LogP contribution >= 0.6 is 0 Å². The number of hydrogen-bond acceptors (Lipinski definition) is 1. The van der Waals surface area contributed by atoms with Gasteiger partial charge in [-0.05, 0) is 35.9 Å². The second-order valence-corrected chi connectivity index (χ2v) is 3.86. The summed E-state index contributed by atoms with van der Waals surface area (Å²) >= 11 is 0. The first-order valence-electron chi connectivity index (χ1n) is 5.64. The molecule has 2 aromatic rings. The van der Waals surface area contributed by atoms with Crippen LogP contribution in [0.15, 0.2) is 54.6 Å². The largest absolute Gasteiger partial charge is 0.320 e. The zero-order chi connectivity index (χ0) is 13.7. The van der Waals surface area contributed by atoms with E-state index in [2.05, 4.69) is 5.32 Å². The molecule has 0 bridgehead atoms. The van der Waals surface area contributed by atoms with Gasteiger partial charge in [-0.2, -0.15) is 0 Å². The maximum absolute atomic E-state index is 13.3. The predicted molar refractivity (Wildman–Crippen MR) is 70.5 cm³/mol. The summed E-state index contributed by atoms with van der Waals surface area (Å²) in [6.07, 6.45) is 2.68. The van der Waals surface area contributed by atoms with E-state index in [4.69, 9.17) is 0 Å². The van der Waals surface area contributed by atoms with Crippen LogP contribution in [0, 0.1) is 11.6 Å². The molecule has 2 rings (SSSR count). The highest BCUT2D eigenvalue weighted by Crippen LogP contribution is 2.12. The van der Waals surface area contributed by atoms with Gasteiger partial charge in [0.25, 0.3) is 0 Å². The Morgan fingerprint density at radius 3 is 2.58 bits per heavy atom. The summed E-state index contributed by atoms with van der Waals surface area (Å²) in [7, 11) is 0. The van der Waals surface area contributed by atoms with Gasteiger partial charge in [0.15, 0.2) is 0 Å². The van der Waals surface area contributed by atoms with Gasteiger partial charge in [0, 0.05) is 6.08 Å². The van der Waals surface area contributed by atoms with Crippen molar-refractivity contribution < 1.29 is 13.6 Å². The van der Waals surface area contributed by atoms with Gasteiger partial charge in [0.1, 0.15) is 11.6 Å². The summed E-state index contributed by atoms with van der Waals surface area (Å²) in [5.74, 6) is -1.36. The van der Waals surface area contributed by atoms with Crippen LogP contribution in [0.5, 0.6) is 0 Å². The molecule has 0 spiro atoms. The van der Waals surface area contributed by atoms with E-state index in [-0.39, 0.29) is 11.5 Å². The van der Waals surface area contributed by atoms with Crippen molar-refractivity contribution in [2.45, 2.75) is 0 Å². The number of nitrogens with one attached hydrogen (secondary N) is 1. The standard InChI is InChI=1S/C15H11F2NO/c16-12-5-3-4-11(10-12)8-9-15(19)18-14-7-2-1-6-13(14)17/h1-10H,(H,18,19)/b9-8+. The van der Waals surface area contributed by atoms with Crippen molar-refractivity contribution >= 4 is 17.7 Å². The lowest BCUT2D eigenvalue weighted by Gasteiger charge is -2.02. The number of anilines is 1. The molecule has 96 valence electrons. The fraction of sp³-hybridized carbons (Fsp3) is 0. The van der Waals surface area contributed by atoms with E-state index in [1.54, 1.807) is 18.2 Å².